The van der Waals surface area contributed by atoms with Gasteiger partial charge in [-0.3, -0.25) is 0 Å². The number of benzene rings is 1. The summed E-state index contributed by atoms with van der Waals surface area (Å²) >= 11 is 0. The van der Waals surface area contributed by atoms with Crippen LogP contribution in [0, 0.1) is 11.6 Å². The molecule has 0 aliphatic heterocycles. The summed E-state index contributed by atoms with van der Waals surface area (Å²) in [5, 5.41) is 0. The molecule has 1 rings (SSSR count). The van der Waals surface area contributed by atoms with Crippen LogP contribution in [0.3, 0.4) is 0 Å². The van der Waals surface area contributed by atoms with E-state index in [4.69, 9.17) is 5.73 Å². The zero-order valence-electron chi connectivity index (χ0n) is 12.4. The van der Waals surface area contributed by atoms with Crippen molar-refractivity contribution >= 4 is 5.69 Å². The first-order chi connectivity index (χ1) is 8.69. The topological polar surface area (TPSA) is 29.3 Å². The quantitative estimate of drug-likeness (QED) is 0.887. The normalized spacial score (nSPS) is 13.5. The molecule has 1 unspecified atom stereocenters. The molecule has 0 amide bonds. The standard InChI is InChI=1S/C15H24F2N2/c1-6-15(3,4)19(5)14-12(16)8-11(7-10(2)18)9-13(14)17/h8-10H,6-7,18H2,1-5H3. The van der Waals surface area contributed by atoms with Gasteiger partial charge in [-0.15, -0.1) is 0 Å². The van der Waals surface area contributed by atoms with Crippen LogP contribution >= 0.6 is 0 Å². The van der Waals surface area contributed by atoms with Crippen molar-refractivity contribution in [3.63, 3.8) is 0 Å². The van der Waals surface area contributed by atoms with Gasteiger partial charge in [0.1, 0.15) is 17.3 Å². The second-order valence-electron chi connectivity index (χ2n) is 5.81. The maximum Gasteiger partial charge on any atom is 0.149 e. The largest absolute Gasteiger partial charge is 0.365 e. The highest BCUT2D eigenvalue weighted by molar-refractivity contribution is 5.52. The van der Waals surface area contributed by atoms with E-state index < -0.39 is 11.6 Å². The molecule has 2 N–H and O–H groups in total. The highest BCUT2D eigenvalue weighted by Gasteiger charge is 2.26. The number of rotatable bonds is 5. The summed E-state index contributed by atoms with van der Waals surface area (Å²) in [5.74, 6) is -1.06. The number of anilines is 1. The highest BCUT2D eigenvalue weighted by atomic mass is 19.1. The molecule has 0 heterocycles. The van der Waals surface area contributed by atoms with Gasteiger partial charge in [-0.05, 0) is 51.3 Å². The highest BCUT2D eigenvalue weighted by Crippen LogP contribution is 2.30. The van der Waals surface area contributed by atoms with Crippen molar-refractivity contribution in [3.05, 3.63) is 29.3 Å². The van der Waals surface area contributed by atoms with Gasteiger partial charge in [-0.25, -0.2) is 8.78 Å². The molecular formula is C15H24F2N2. The summed E-state index contributed by atoms with van der Waals surface area (Å²) in [4.78, 5) is 1.66. The van der Waals surface area contributed by atoms with Crippen molar-refractivity contribution < 1.29 is 8.78 Å². The minimum atomic E-state index is -0.528. The van der Waals surface area contributed by atoms with Gasteiger partial charge in [0.2, 0.25) is 0 Å². The van der Waals surface area contributed by atoms with Crippen molar-refractivity contribution in [1.82, 2.24) is 0 Å². The van der Waals surface area contributed by atoms with Crippen molar-refractivity contribution in [2.24, 2.45) is 5.73 Å². The Bertz CT molecular complexity index is 419. The molecule has 0 saturated carbocycles. The molecule has 1 aromatic rings. The van der Waals surface area contributed by atoms with E-state index in [-0.39, 0.29) is 17.3 Å². The number of hydrogen-bond donors (Lipinski definition) is 1. The molecule has 0 aromatic heterocycles. The fourth-order valence-corrected chi connectivity index (χ4v) is 1.97. The summed E-state index contributed by atoms with van der Waals surface area (Å²) in [6, 6.07) is 2.64. The van der Waals surface area contributed by atoms with Gasteiger partial charge in [0.25, 0.3) is 0 Å². The van der Waals surface area contributed by atoms with E-state index in [2.05, 4.69) is 0 Å². The summed E-state index contributed by atoms with van der Waals surface area (Å²) in [6.07, 6.45) is 1.26. The SMILES string of the molecule is CCC(C)(C)N(C)c1c(F)cc(CC(C)N)cc1F. The molecule has 0 radical (unpaired) electrons. The Labute approximate surface area is 114 Å². The lowest BCUT2D eigenvalue weighted by Crippen LogP contribution is -2.41. The lowest BCUT2D eigenvalue weighted by molar-refractivity contribution is 0.451. The van der Waals surface area contributed by atoms with Gasteiger partial charge in [-0.1, -0.05) is 6.92 Å². The van der Waals surface area contributed by atoms with Crippen LogP contribution in [0.15, 0.2) is 12.1 Å². The van der Waals surface area contributed by atoms with Crippen molar-refractivity contribution in [2.45, 2.75) is 52.1 Å². The van der Waals surface area contributed by atoms with Crippen LogP contribution < -0.4 is 10.6 Å². The van der Waals surface area contributed by atoms with Crippen LogP contribution in [0.5, 0.6) is 0 Å². The number of nitrogens with zero attached hydrogens (tertiary/aromatic N) is 1. The Morgan fingerprint density at radius 1 is 1.26 bits per heavy atom. The van der Waals surface area contributed by atoms with E-state index in [0.29, 0.717) is 12.0 Å². The van der Waals surface area contributed by atoms with Crippen molar-refractivity contribution in [3.8, 4) is 0 Å². The predicted molar refractivity (Wildman–Crippen MR) is 76.5 cm³/mol. The molecule has 4 heteroatoms. The lowest BCUT2D eigenvalue weighted by Gasteiger charge is -2.37. The molecule has 2 nitrogen and oxygen atoms in total. The molecule has 0 aliphatic rings. The molecule has 0 aliphatic carbocycles. The fourth-order valence-electron chi connectivity index (χ4n) is 1.97. The molecule has 1 aromatic carbocycles. The molecule has 0 bridgehead atoms. The average molecular weight is 270 g/mol. The Kier molecular flexibility index (Phi) is 4.91. The van der Waals surface area contributed by atoms with E-state index in [0.717, 1.165) is 6.42 Å². The third-order valence-corrected chi connectivity index (χ3v) is 3.74. The summed E-state index contributed by atoms with van der Waals surface area (Å²) in [6.45, 7) is 7.73. The van der Waals surface area contributed by atoms with E-state index in [1.165, 1.54) is 12.1 Å². The maximum atomic E-state index is 14.2. The molecule has 0 spiro atoms. The monoisotopic (exact) mass is 270 g/mol. The third kappa shape index (κ3) is 3.66. The molecule has 108 valence electrons. The molecule has 0 saturated heterocycles. The van der Waals surface area contributed by atoms with E-state index >= 15 is 0 Å². The smallest absolute Gasteiger partial charge is 0.149 e. The van der Waals surface area contributed by atoms with Crippen molar-refractivity contribution in [2.75, 3.05) is 11.9 Å². The first-order valence-electron chi connectivity index (χ1n) is 6.66. The van der Waals surface area contributed by atoms with Gasteiger partial charge < -0.3 is 10.6 Å². The van der Waals surface area contributed by atoms with E-state index in [1.54, 1.807) is 11.9 Å². The first kappa shape index (κ1) is 15.9. The Morgan fingerprint density at radius 2 is 1.74 bits per heavy atom. The molecule has 0 fully saturated rings. The van der Waals surface area contributed by atoms with Gasteiger partial charge in [-0.2, -0.15) is 0 Å². The van der Waals surface area contributed by atoms with Gasteiger partial charge >= 0.3 is 0 Å². The van der Waals surface area contributed by atoms with Crippen LogP contribution in [0.25, 0.3) is 0 Å². The van der Waals surface area contributed by atoms with Crippen LogP contribution in [0.4, 0.5) is 14.5 Å². The van der Waals surface area contributed by atoms with Crippen LogP contribution in [0.2, 0.25) is 0 Å². The number of nitrogens with two attached hydrogens (primary N) is 1. The number of halogens is 2. The van der Waals surface area contributed by atoms with Crippen LogP contribution in [0.1, 0.15) is 39.7 Å². The fraction of sp³-hybridized carbons (Fsp3) is 0.600. The zero-order chi connectivity index (χ0) is 14.8. The van der Waals surface area contributed by atoms with Crippen LogP contribution in [-0.2, 0) is 6.42 Å². The second-order valence-corrected chi connectivity index (χ2v) is 5.81. The Balaban J connectivity index is 3.17. The number of hydrogen-bond acceptors (Lipinski definition) is 2. The van der Waals surface area contributed by atoms with Crippen molar-refractivity contribution in [1.29, 1.82) is 0 Å². The Morgan fingerprint density at radius 3 is 2.11 bits per heavy atom. The molecule has 1 atom stereocenters. The maximum absolute atomic E-state index is 14.2. The lowest BCUT2D eigenvalue weighted by atomic mass is 9.98. The van der Waals surface area contributed by atoms with Gasteiger partial charge in [0.05, 0.1) is 0 Å². The second kappa shape index (κ2) is 5.87. The van der Waals surface area contributed by atoms with E-state index in [1.807, 2.05) is 27.7 Å². The van der Waals surface area contributed by atoms with Crippen LogP contribution in [-0.4, -0.2) is 18.6 Å². The predicted octanol–water partition coefficient (Wildman–Crippen LogP) is 3.48. The summed E-state index contributed by atoms with van der Waals surface area (Å²) in [7, 11) is 1.72. The van der Waals surface area contributed by atoms with Gasteiger partial charge in [0.15, 0.2) is 0 Å². The third-order valence-electron chi connectivity index (χ3n) is 3.74. The zero-order valence-corrected chi connectivity index (χ0v) is 12.4. The van der Waals surface area contributed by atoms with E-state index in [9.17, 15) is 8.78 Å². The molecular weight excluding hydrogens is 246 g/mol. The van der Waals surface area contributed by atoms with Gasteiger partial charge in [0, 0.05) is 18.6 Å². The summed E-state index contributed by atoms with van der Waals surface area (Å²) in [5.41, 5.74) is 5.98. The minimum Gasteiger partial charge on any atom is -0.365 e. The summed E-state index contributed by atoms with van der Waals surface area (Å²) < 4.78 is 28.3. The minimum absolute atomic E-state index is 0.0280. The Hall–Kier alpha value is -1.16. The first-order valence-corrected chi connectivity index (χ1v) is 6.66. The molecule has 19 heavy (non-hydrogen) atoms. The average Bonchev–Trinajstić information content (AvgIpc) is 2.26.